The maximum absolute atomic E-state index is 5.73. The van der Waals surface area contributed by atoms with Crippen molar-refractivity contribution in [1.29, 1.82) is 0 Å². The molecule has 2 aliphatic heterocycles. The number of guanidine groups is 1. The minimum absolute atomic E-state index is 0. The Morgan fingerprint density at radius 1 is 1.07 bits per heavy atom. The van der Waals surface area contributed by atoms with Crippen LogP contribution < -0.4 is 10.6 Å². The smallest absolute Gasteiger partial charge is 0.191 e. The molecule has 0 amide bonds. The van der Waals surface area contributed by atoms with Gasteiger partial charge in [-0.15, -0.1) is 24.0 Å². The Kier molecular flexibility index (Phi) is 10.6. The molecule has 2 atom stereocenters. The molecule has 0 aromatic carbocycles. The first-order valence-electron chi connectivity index (χ1n) is 10.9. The summed E-state index contributed by atoms with van der Waals surface area (Å²) in [5.41, 5.74) is 0. The Hall–Kier alpha value is -0.800. The fourth-order valence-corrected chi connectivity index (χ4v) is 4.29. The number of furan rings is 1. The molecule has 7 heteroatoms. The Morgan fingerprint density at radius 3 is 2.32 bits per heavy atom. The second-order valence-electron chi connectivity index (χ2n) is 7.68. The molecule has 0 spiro atoms. The zero-order valence-electron chi connectivity index (χ0n) is 17.5. The van der Waals surface area contributed by atoms with Crippen LogP contribution in [0.1, 0.15) is 57.8 Å². The van der Waals surface area contributed by atoms with Gasteiger partial charge in [-0.05, 0) is 77.3 Å². The van der Waals surface area contributed by atoms with E-state index < -0.39 is 0 Å². The van der Waals surface area contributed by atoms with E-state index in [-0.39, 0.29) is 30.0 Å². The van der Waals surface area contributed by atoms with Crippen molar-refractivity contribution in [1.82, 2.24) is 20.4 Å². The molecule has 2 aliphatic rings. The van der Waals surface area contributed by atoms with Crippen LogP contribution in [0.15, 0.2) is 27.8 Å². The molecule has 1 aromatic heterocycles. The van der Waals surface area contributed by atoms with Gasteiger partial charge in [-0.1, -0.05) is 6.92 Å². The number of rotatable bonds is 9. The van der Waals surface area contributed by atoms with Crippen molar-refractivity contribution in [2.45, 2.75) is 58.0 Å². The molecule has 0 aliphatic carbocycles. The molecule has 0 radical (unpaired) electrons. The minimum atomic E-state index is 0. The number of nitrogens with zero attached hydrogens (tertiary/aromatic N) is 3. The van der Waals surface area contributed by atoms with Crippen LogP contribution in [0.3, 0.4) is 0 Å². The summed E-state index contributed by atoms with van der Waals surface area (Å²) in [6.07, 6.45) is 8.16. The number of aliphatic imine (C=N–C) groups is 1. The van der Waals surface area contributed by atoms with E-state index in [2.05, 4.69) is 40.3 Å². The van der Waals surface area contributed by atoms with Crippen molar-refractivity contribution in [3.8, 4) is 0 Å². The van der Waals surface area contributed by atoms with E-state index in [4.69, 9.17) is 9.41 Å². The Bertz CT molecular complexity index is 553. The predicted octanol–water partition coefficient (Wildman–Crippen LogP) is 3.46. The lowest BCUT2D eigenvalue weighted by molar-refractivity contribution is 0.215. The zero-order chi connectivity index (χ0) is 18.9. The molecular weight excluding hydrogens is 465 g/mol. The molecule has 2 unspecified atom stereocenters. The van der Waals surface area contributed by atoms with Crippen molar-refractivity contribution in [2.24, 2.45) is 4.99 Å². The lowest BCUT2D eigenvalue weighted by Crippen LogP contribution is -2.43. The fourth-order valence-electron chi connectivity index (χ4n) is 4.29. The average molecular weight is 503 g/mol. The summed E-state index contributed by atoms with van der Waals surface area (Å²) in [5.74, 6) is 1.97. The largest absolute Gasteiger partial charge is 0.468 e. The molecule has 1 aromatic rings. The topological polar surface area (TPSA) is 56.0 Å². The summed E-state index contributed by atoms with van der Waals surface area (Å²) in [6.45, 7) is 11.7. The first-order chi connectivity index (χ1) is 13.3. The highest BCUT2D eigenvalue weighted by molar-refractivity contribution is 14.0. The third kappa shape index (κ3) is 6.62. The maximum Gasteiger partial charge on any atom is 0.191 e. The van der Waals surface area contributed by atoms with E-state index in [0.717, 1.165) is 50.9 Å². The summed E-state index contributed by atoms with van der Waals surface area (Å²) >= 11 is 0. The van der Waals surface area contributed by atoms with Gasteiger partial charge in [-0.25, -0.2) is 0 Å². The van der Waals surface area contributed by atoms with E-state index in [1.165, 1.54) is 38.8 Å². The van der Waals surface area contributed by atoms with Gasteiger partial charge in [0.1, 0.15) is 5.76 Å². The van der Waals surface area contributed by atoms with Gasteiger partial charge < -0.3 is 15.1 Å². The van der Waals surface area contributed by atoms with Crippen LogP contribution in [0.2, 0.25) is 0 Å². The van der Waals surface area contributed by atoms with Gasteiger partial charge in [0.2, 0.25) is 0 Å². The summed E-state index contributed by atoms with van der Waals surface area (Å²) < 4.78 is 5.73. The van der Waals surface area contributed by atoms with E-state index in [0.29, 0.717) is 6.04 Å². The highest BCUT2D eigenvalue weighted by atomic mass is 127. The monoisotopic (exact) mass is 503 g/mol. The first-order valence-corrected chi connectivity index (χ1v) is 10.9. The molecule has 2 fully saturated rings. The average Bonchev–Trinajstić information content (AvgIpc) is 3.45. The molecule has 6 nitrogen and oxygen atoms in total. The Labute approximate surface area is 187 Å². The molecule has 28 heavy (non-hydrogen) atoms. The standard InChI is InChI=1S/C21H37N5O.HI/c1-3-18(25-11-5-6-12-25)16-23-21(22-4-2)24-17-19(20-10-9-15-27-20)26-13-7-8-14-26;/h9-10,15,18-19H,3-8,11-14,16-17H2,1-2H3,(H2,22,23,24);1H. The van der Waals surface area contributed by atoms with Crippen LogP contribution in [-0.2, 0) is 0 Å². The van der Waals surface area contributed by atoms with Gasteiger partial charge in [0.25, 0.3) is 0 Å². The Balaban J connectivity index is 0.00000280. The molecular formula is C21H38IN5O. The van der Waals surface area contributed by atoms with Crippen LogP contribution in [0.4, 0.5) is 0 Å². The predicted molar refractivity (Wildman–Crippen MR) is 127 cm³/mol. The maximum atomic E-state index is 5.73. The molecule has 160 valence electrons. The van der Waals surface area contributed by atoms with Gasteiger partial charge in [0.15, 0.2) is 5.96 Å². The summed E-state index contributed by atoms with van der Waals surface area (Å²) in [5, 5.41) is 6.99. The fraction of sp³-hybridized carbons (Fsp3) is 0.762. The van der Waals surface area contributed by atoms with E-state index in [1.807, 2.05) is 6.07 Å². The normalized spacial score (nSPS) is 20.7. The van der Waals surface area contributed by atoms with Gasteiger partial charge in [0, 0.05) is 19.1 Å². The van der Waals surface area contributed by atoms with Crippen LogP contribution >= 0.6 is 24.0 Å². The molecule has 2 saturated heterocycles. The highest BCUT2D eigenvalue weighted by Crippen LogP contribution is 2.24. The van der Waals surface area contributed by atoms with Crippen LogP contribution in [-0.4, -0.2) is 67.6 Å². The highest BCUT2D eigenvalue weighted by Gasteiger charge is 2.26. The van der Waals surface area contributed by atoms with Crippen molar-refractivity contribution in [2.75, 3.05) is 45.8 Å². The van der Waals surface area contributed by atoms with Crippen LogP contribution in [0, 0.1) is 0 Å². The SMILES string of the molecule is CCNC(=NCC(CC)N1CCCC1)NCC(c1ccco1)N1CCCC1.I. The number of hydrogen-bond acceptors (Lipinski definition) is 4. The van der Waals surface area contributed by atoms with Gasteiger partial charge in [-0.2, -0.15) is 0 Å². The first kappa shape index (κ1) is 23.5. The van der Waals surface area contributed by atoms with Gasteiger partial charge >= 0.3 is 0 Å². The molecule has 3 heterocycles. The van der Waals surface area contributed by atoms with Crippen molar-refractivity contribution in [3.05, 3.63) is 24.2 Å². The van der Waals surface area contributed by atoms with Gasteiger partial charge in [0.05, 0.1) is 18.8 Å². The summed E-state index contributed by atoms with van der Waals surface area (Å²) in [4.78, 5) is 10.0. The molecule has 2 N–H and O–H groups in total. The van der Waals surface area contributed by atoms with Crippen molar-refractivity contribution >= 4 is 29.9 Å². The number of hydrogen-bond donors (Lipinski definition) is 2. The second kappa shape index (κ2) is 12.7. The van der Waals surface area contributed by atoms with Crippen LogP contribution in [0.5, 0.6) is 0 Å². The zero-order valence-corrected chi connectivity index (χ0v) is 19.9. The second-order valence-corrected chi connectivity index (χ2v) is 7.68. The Morgan fingerprint density at radius 2 is 1.75 bits per heavy atom. The third-order valence-corrected chi connectivity index (χ3v) is 5.85. The third-order valence-electron chi connectivity index (χ3n) is 5.85. The van der Waals surface area contributed by atoms with E-state index in [1.54, 1.807) is 6.26 Å². The summed E-state index contributed by atoms with van der Waals surface area (Å²) in [6, 6.07) is 4.91. The lowest BCUT2D eigenvalue weighted by atomic mass is 10.2. The molecule has 0 saturated carbocycles. The van der Waals surface area contributed by atoms with Crippen molar-refractivity contribution < 1.29 is 4.42 Å². The molecule has 0 bridgehead atoms. The molecule has 3 rings (SSSR count). The lowest BCUT2D eigenvalue weighted by Gasteiger charge is -2.27. The number of halogens is 1. The quantitative estimate of drug-likeness (QED) is 0.307. The van der Waals surface area contributed by atoms with Gasteiger partial charge in [-0.3, -0.25) is 14.8 Å². The number of nitrogens with one attached hydrogen (secondary N) is 2. The van der Waals surface area contributed by atoms with Crippen LogP contribution in [0.25, 0.3) is 0 Å². The minimum Gasteiger partial charge on any atom is -0.468 e. The van der Waals surface area contributed by atoms with E-state index >= 15 is 0 Å². The number of likely N-dealkylation sites (tertiary alicyclic amines) is 2. The van der Waals surface area contributed by atoms with E-state index in [9.17, 15) is 0 Å². The van der Waals surface area contributed by atoms with Crippen molar-refractivity contribution in [3.63, 3.8) is 0 Å². The summed E-state index contributed by atoms with van der Waals surface area (Å²) in [7, 11) is 0.